The lowest BCUT2D eigenvalue weighted by molar-refractivity contribution is -0.137. The third-order valence-electron chi connectivity index (χ3n) is 7.46. The van der Waals surface area contributed by atoms with Crippen LogP contribution in [0.25, 0.3) is 0 Å². The Kier molecular flexibility index (Phi) is 9.38. The van der Waals surface area contributed by atoms with Crippen LogP contribution in [0.4, 0.5) is 11.4 Å². The van der Waals surface area contributed by atoms with E-state index in [-0.39, 0.29) is 30.6 Å². The number of unbranched alkanes of at least 4 members (excludes halogenated alkanes) is 1. The van der Waals surface area contributed by atoms with Crippen LogP contribution in [0.3, 0.4) is 0 Å². The van der Waals surface area contributed by atoms with Crippen molar-refractivity contribution in [3.05, 3.63) is 41.6 Å². The maximum Gasteiger partial charge on any atom is 0.305 e. The van der Waals surface area contributed by atoms with Gasteiger partial charge in [-0.2, -0.15) is 0 Å². The number of ether oxygens (including phenoxy) is 3. The quantitative estimate of drug-likeness (QED) is 0.392. The van der Waals surface area contributed by atoms with Gasteiger partial charge in [0.25, 0.3) is 0 Å². The summed E-state index contributed by atoms with van der Waals surface area (Å²) in [5.74, 6) is 0.732. The van der Waals surface area contributed by atoms with Crippen LogP contribution < -0.4 is 19.3 Å². The number of rotatable bonds is 11. The van der Waals surface area contributed by atoms with E-state index >= 15 is 0 Å². The number of benzene rings is 1. The maximum absolute atomic E-state index is 11.6. The predicted molar refractivity (Wildman–Crippen MR) is 145 cm³/mol. The van der Waals surface area contributed by atoms with Crippen LogP contribution in [0.5, 0.6) is 11.6 Å². The molecule has 0 spiro atoms. The summed E-state index contributed by atoms with van der Waals surface area (Å²) >= 11 is 6.37. The Balaban J connectivity index is 1.35. The zero-order valence-corrected chi connectivity index (χ0v) is 22.7. The van der Waals surface area contributed by atoms with E-state index in [1.807, 2.05) is 30.3 Å². The van der Waals surface area contributed by atoms with E-state index in [1.54, 1.807) is 13.3 Å². The molecular formula is C28H38ClN3O5. The number of hydrogen-bond donors (Lipinski definition) is 1. The number of aromatic nitrogens is 1. The van der Waals surface area contributed by atoms with Crippen molar-refractivity contribution >= 4 is 28.9 Å². The minimum absolute atomic E-state index is 0.0332. The number of carboxylic acids is 1. The molecule has 2 saturated heterocycles. The first kappa shape index (κ1) is 27.3. The molecule has 1 N–H and O–H groups in total. The fourth-order valence-electron chi connectivity index (χ4n) is 5.27. The van der Waals surface area contributed by atoms with Crippen molar-refractivity contribution in [1.82, 2.24) is 4.98 Å². The van der Waals surface area contributed by atoms with Crippen molar-refractivity contribution < 1.29 is 24.1 Å². The minimum Gasteiger partial charge on any atom is -0.490 e. The molecule has 2 aliphatic rings. The van der Waals surface area contributed by atoms with Crippen LogP contribution in [0.15, 0.2) is 36.5 Å². The summed E-state index contributed by atoms with van der Waals surface area (Å²) in [5.41, 5.74) is 1.94. The van der Waals surface area contributed by atoms with Gasteiger partial charge in [0.2, 0.25) is 5.88 Å². The topological polar surface area (TPSA) is 84.4 Å². The molecule has 2 fully saturated rings. The third kappa shape index (κ3) is 6.79. The first-order valence-corrected chi connectivity index (χ1v) is 13.6. The molecule has 202 valence electrons. The number of carboxylic acid groups (broad SMARTS) is 1. The second kappa shape index (κ2) is 12.7. The molecule has 0 bridgehead atoms. The van der Waals surface area contributed by atoms with Crippen molar-refractivity contribution in [2.45, 2.75) is 64.2 Å². The molecule has 1 aromatic carbocycles. The molecule has 0 aliphatic carbocycles. The largest absolute Gasteiger partial charge is 0.490 e. The molecule has 37 heavy (non-hydrogen) atoms. The van der Waals surface area contributed by atoms with Crippen molar-refractivity contribution in [1.29, 1.82) is 0 Å². The van der Waals surface area contributed by atoms with Gasteiger partial charge < -0.3 is 29.1 Å². The average Bonchev–Trinajstić information content (AvgIpc) is 3.20. The summed E-state index contributed by atoms with van der Waals surface area (Å²) in [5, 5.41) is 10.1. The van der Waals surface area contributed by atoms with Crippen LogP contribution in [0.2, 0.25) is 5.02 Å². The second-order valence-corrected chi connectivity index (χ2v) is 10.3. The highest BCUT2D eigenvalue weighted by Crippen LogP contribution is 2.35. The molecule has 9 heteroatoms. The fraction of sp³-hybridized carbons (Fsp3) is 0.571. The van der Waals surface area contributed by atoms with E-state index in [1.165, 1.54) is 0 Å². The van der Waals surface area contributed by atoms with Crippen LogP contribution in [-0.2, 0) is 9.53 Å². The summed E-state index contributed by atoms with van der Waals surface area (Å²) < 4.78 is 17.7. The number of hydrogen-bond acceptors (Lipinski definition) is 7. The Bertz CT molecular complexity index is 1030. The van der Waals surface area contributed by atoms with Gasteiger partial charge in [-0.1, -0.05) is 31.9 Å². The van der Waals surface area contributed by atoms with Crippen LogP contribution in [-0.4, -0.2) is 67.7 Å². The van der Waals surface area contributed by atoms with Crippen LogP contribution in [0, 0.1) is 5.92 Å². The third-order valence-corrected chi connectivity index (χ3v) is 7.75. The maximum atomic E-state index is 11.6. The molecule has 2 aliphatic heterocycles. The average molecular weight is 532 g/mol. The number of carbonyl (C=O) groups is 1. The van der Waals surface area contributed by atoms with Gasteiger partial charge in [-0.05, 0) is 30.7 Å². The predicted octanol–water partition coefficient (Wildman–Crippen LogP) is 5.28. The van der Waals surface area contributed by atoms with Gasteiger partial charge in [-0.15, -0.1) is 0 Å². The van der Waals surface area contributed by atoms with Gasteiger partial charge in [0.1, 0.15) is 11.9 Å². The SMILES string of the molecule is CCCCO[C@H]1CN(c2ccc(OC3CCN(c4cc(OC)ncc4Cl)CC3)cc2)[C@@H](CC(=O)O)[C@@H]1C. The lowest BCUT2D eigenvalue weighted by atomic mass is 9.97. The Morgan fingerprint density at radius 1 is 1.22 bits per heavy atom. The summed E-state index contributed by atoms with van der Waals surface area (Å²) in [6, 6.07) is 9.81. The molecule has 0 saturated carbocycles. The fourth-order valence-corrected chi connectivity index (χ4v) is 5.49. The summed E-state index contributed by atoms with van der Waals surface area (Å²) in [4.78, 5) is 20.2. The van der Waals surface area contributed by atoms with E-state index in [4.69, 9.17) is 25.8 Å². The molecule has 3 atom stereocenters. The highest BCUT2D eigenvalue weighted by atomic mass is 35.5. The van der Waals surface area contributed by atoms with E-state index in [0.717, 1.165) is 55.9 Å². The van der Waals surface area contributed by atoms with E-state index in [9.17, 15) is 9.90 Å². The Morgan fingerprint density at radius 3 is 2.59 bits per heavy atom. The smallest absolute Gasteiger partial charge is 0.305 e. The number of halogens is 1. The molecule has 2 aromatic rings. The number of nitrogens with zero attached hydrogens (tertiary/aromatic N) is 3. The number of anilines is 2. The minimum atomic E-state index is -0.783. The Labute approximate surface area is 224 Å². The Hall–Kier alpha value is -2.71. The summed E-state index contributed by atoms with van der Waals surface area (Å²) in [7, 11) is 1.60. The van der Waals surface area contributed by atoms with Gasteiger partial charge in [0, 0.05) is 62.8 Å². The second-order valence-electron chi connectivity index (χ2n) is 9.92. The van der Waals surface area contributed by atoms with Crippen molar-refractivity contribution in [3.8, 4) is 11.6 Å². The van der Waals surface area contributed by atoms with Gasteiger partial charge >= 0.3 is 5.97 Å². The lowest BCUT2D eigenvalue weighted by Crippen LogP contribution is -2.38. The summed E-state index contributed by atoms with van der Waals surface area (Å²) in [6.07, 6.45) is 5.73. The van der Waals surface area contributed by atoms with Gasteiger partial charge in [-0.25, -0.2) is 4.98 Å². The highest BCUT2D eigenvalue weighted by Gasteiger charge is 2.40. The zero-order chi connectivity index (χ0) is 26.4. The van der Waals surface area contributed by atoms with E-state index < -0.39 is 5.97 Å². The van der Waals surface area contributed by atoms with Gasteiger partial charge in [-0.3, -0.25) is 4.79 Å². The highest BCUT2D eigenvalue weighted by molar-refractivity contribution is 6.33. The number of aliphatic carboxylic acids is 1. The van der Waals surface area contributed by atoms with E-state index in [2.05, 4.69) is 28.6 Å². The lowest BCUT2D eigenvalue weighted by Gasteiger charge is -2.34. The van der Waals surface area contributed by atoms with Crippen LogP contribution in [0.1, 0.15) is 46.0 Å². The molecule has 1 aromatic heterocycles. The number of methoxy groups -OCH3 is 1. The van der Waals surface area contributed by atoms with E-state index in [0.29, 0.717) is 24.1 Å². The van der Waals surface area contributed by atoms with Crippen molar-refractivity contribution in [2.24, 2.45) is 5.92 Å². The van der Waals surface area contributed by atoms with Gasteiger partial charge in [0.05, 0.1) is 36.5 Å². The van der Waals surface area contributed by atoms with Crippen molar-refractivity contribution in [2.75, 3.05) is 43.2 Å². The molecule has 0 radical (unpaired) electrons. The number of piperidine rings is 1. The molecule has 3 heterocycles. The van der Waals surface area contributed by atoms with Crippen molar-refractivity contribution in [3.63, 3.8) is 0 Å². The molecule has 0 amide bonds. The first-order valence-electron chi connectivity index (χ1n) is 13.2. The first-order chi connectivity index (χ1) is 17.9. The monoisotopic (exact) mass is 531 g/mol. The zero-order valence-electron chi connectivity index (χ0n) is 21.9. The standard InChI is InChI=1S/C28H38ClN3O5/c1-4-5-14-36-26-18-32(24(19(26)2)16-28(33)34)20-6-8-21(9-7-20)37-22-10-12-31(13-11-22)25-15-27(35-3)30-17-23(25)29/h6-9,15,17,19,22,24,26H,4-5,10-14,16,18H2,1-3H3,(H,33,34)/t19-,24-,26-/m0/s1. The molecule has 4 rings (SSSR count). The van der Waals surface area contributed by atoms with Crippen LogP contribution >= 0.6 is 11.6 Å². The number of pyridine rings is 1. The van der Waals surface area contributed by atoms with Gasteiger partial charge in [0.15, 0.2) is 0 Å². The molecule has 0 unspecified atom stereocenters. The summed E-state index contributed by atoms with van der Waals surface area (Å²) in [6.45, 7) is 7.32. The molecular weight excluding hydrogens is 494 g/mol. The Morgan fingerprint density at radius 2 is 1.95 bits per heavy atom. The molecule has 8 nitrogen and oxygen atoms in total. The normalized spacial score (nSPS) is 22.3.